The van der Waals surface area contributed by atoms with Crippen LogP contribution in [-0.4, -0.2) is 12.8 Å². The molecule has 0 fully saturated rings. The van der Waals surface area contributed by atoms with Gasteiger partial charge >= 0.3 is 0 Å². The lowest BCUT2D eigenvalue weighted by Gasteiger charge is -2.19. The average molecular weight is 183 g/mol. The quantitative estimate of drug-likeness (QED) is 0.586. The molecule has 1 aliphatic carbocycles. The van der Waals surface area contributed by atoms with Gasteiger partial charge in [0.05, 0.1) is 0 Å². The maximum absolute atomic E-state index is 4.34. The number of nitrogens with zero attached hydrogens (tertiary/aromatic N) is 1. The molecule has 1 heteroatoms. The van der Waals surface area contributed by atoms with Crippen molar-refractivity contribution in [1.29, 1.82) is 0 Å². The predicted octanol–water partition coefficient (Wildman–Crippen LogP) is 2.64. The average Bonchev–Trinajstić information content (AvgIpc) is 2.61. The Kier molecular flexibility index (Phi) is 1.60. The second-order valence-corrected chi connectivity index (χ2v) is 4.24. The molecule has 1 aromatic carbocycles. The predicted molar refractivity (Wildman–Crippen MR) is 59.7 cm³/mol. The standard InChI is InChI=1S/C13H13N/c1-9-2-3-10-5-12-7-14-8-13(12)6-11(10)4-9/h2-4,6,8,12H,5,7H2,1H3. The van der Waals surface area contributed by atoms with Crippen LogP contribution in [0.25, 0.3) is 6.08 Å². The SMILES string of the molecule is Cc1ccc2c(c1)C=C1C=NCC1C2. The molecular weight excluding hydrogens is 170 g/mol. The highest BCUT2D eigenvalue weighted by atomic mass is 14.8. The number of rotatable bonds is 0. The van der Waals surface area contributed by atoms with Crippen molar-refractivity contribution in [1.82, 2.24) is 0 Å². The molecule has 3 rings (SSSR count). The van der Waals surface area contributed by atoms with E-state index in [1.807, 2.05) is 6.21 Å². The number of aliphatic imine (C=N–C) groups is 1. The van der Waals surface area contributed by atoms with Crippen LogP contribution in [0.3, 0.4) is 0 Å². The molecule has 0 spiro atoms. The zero-order chi connectivity index (χ0) is 9.54. The van der Waals surface area contributed by atoms with Crippen LogP contribution in [0.5, 0.6) is 0 Å². The van der Waals surface area contributed by atoms with Gasteiger partial charge in [-0.15, -0.1) is 0 Å². The lowest BCUT2D eigenvalue weighted by Crippen LogP contribution is -2.12. The monoisotopic (exact) mass is 183 g/mol. The van der Waals surface area contributed by atoms with Crippen molar-refractivity contribution in [3.05, 3.63) is 40.5 Å². The smallest absolute Gasteiger partial charge is 0.0461 e. The van der Waals surface area contributed by atoms with E-state index in [-0.39, 0.29) is 0 Å². The van der Waals surface area contributed by atoms with Gasteiger partial charge in [0, 0.05) is 18.7 Å². The first-order valence-electron chi connectivity index (χ1n) is 5.14. The fourth-order valence-corrected chi connectivity index (χ4v) is 2.31. The van der Waals surface area contributed by atoms with Crippen molar-refractivity contribution >= 4 is 12.3 Å². The van der Waals surface area contributed by atoms with E-state index in [0.717, 1.165) is 6.54 Å². The summed E-state index contributed by atoms with van der Waals surface area (Å²) in [6.45, 7) is 3.13. The molecule has 1 aliphatic heterocycles. The van der Waals surface area contributed by atoms with Crippen molar-refractivity contribution in [2.24, 2.45) is 10.9 Å². The fourth-order valence-electron chi connectivity index (χ4n) is 2.31. The van der Waals surface area contributed by atoms with Gasteiger partial charge in [-0.25, -0.2) is 0 Å². The van der Waals surface area contributed by atoms with Gasteiger partial charge in [-0.05, 0) is 36.1 Å². The first kappa shape index (κ1) is 7.98. The van der Waals surface area contributed by atoms with Gasteiger partial charge < -0.3 is 0 Å². The maximum Gasteiger partial charge on any atom is 0.0461 e. The molecule has 1 aromatic rings. The zero-order valence-electron chi connectivity index (χ0n) is 8.33. The Morgan fingerprint density at radius 1 is 1.36 bits per heavy atom. The van der Waals surface area contributed by atoms with Crippen molar-refractivity contribution < 1.29 is 0 Å². The minimum absolute atomic E-state index is 0.658. The molecule has 0 radical (unpaired) electrons. The summed E-state index contributed by atoms with van der Waals surface area (Å²) in [6.07, 6.45) is 5.50. The molecule has 14 heavy (non-hydrogen) atoms. The van der Waals surface area contributed by atoms with Gasteiger partial charge in [0.2, 0.25) is 0 Å². The van der Waals surface area contributed by atoms with Gasteiger partial charge in [0.25, 0.3) is 0 Å². The summed E-state index contributed by atoms with van der Waals surface area (Å²) in [5.41, 5.74) is 5.64. The van der Waals surface area contributed by atoms with E-state index in [9.17, 15) is 0 Å². The van der Waals surface area contributed by atoms with Crippen LogP contribution >= 0.6 is 0 Å². The third-order valence-corrected chi connectivity index (χ3v) is 3.13. The van der Waals surface area contributed by atoms with Crippen LogP contribution in [-0.2, 0) is 6.42 Å². The highest BCUT2D eigenvalue weighted by Gasteiger charge is 2.22. The first-order valence-corrected chi connectivity index (χ1v) is 5.14. The summed E-state index contributed by atoms with van der Waals surface area (Å²) >= 11 is 0. The van der Waals surface area contributed by atoms with E-state index >= 15 is 0 Å². The van der Waals surface area contributed by atoms with Crippen LogP contribution in [0.4, 0.5) is 0 Å². The second-order valence-electron chi connectivity index (χ2n) is 4.24. The third-order valence-electron chi connectivity index (χ3n) is 3.13. The van der Waals surface area contributed by atoms with Gasteiger partial charge in [0.15, 0.2) is 0 Å². The number of hydrogen-bond acceptors (Lipinski definition) is 1. The Morgan fingerprint density at radius 3 is 3.21 bits per heavy atom. The minimum atomic E-state index is 0.658. The molecule has 0 bridgehead atoms. The van der Waals surface area contributed by atoms with Crippen LogP contribution in [0.1, 0.15) is 16.7 Å². The van der Waals surface area contributed by atoms with E-state index in [1.165, 1.54) is 28.7 Å². The topological polar surface area (TPSA) is 12.4 Å². The van der Waals surface area contributed by atoms with Crippen LogP contribution < -0.4 is 0 Å². The summed E-state index contributed by atoms with van der Waals surface area (Å²) < 4.78 is 0. The minimum Gasteiger partial charge on any atom is -0.292 e. The molecule has 0 saturated heterocycles. The fraction of sp³-hybridized carbons (Fsp3) is 0.308. The molecule has 0 N–H and O–H groups in total. The molecule has 1 unspecified atom stereocenters. The Labute approximate surface area is 84.2 Å². The van der Waals surface area contributed by atoms with E-state index in [1.54, 1.807) is 0 Å². The summed E-state index contributed by atoms with van der Waals surface area (Å²) in [6, 6.07) is 6.73. The van der Waals surface area contributed by atoms with Crippen molar-refractivity contribution in [3.63, 3.8) is 0 Å². The Morgan fingerprint density at radius 2 is 2.29 bits per heavy atom. The summed E-state index contributed by atoms with van der Waals surface area (Å²) in [5, 5.41) is 0. The normalized spacial score (nSPS) is 22.9. The van der Waals surface area contributed by atoms with Gasteiger partial charge in [-0.2, -0.15) is 0 Å². The number of fused-ring (bicyclic) bond motifs is 2. The molecule has 0 amide bonds. The molecule has 1 nitrogen and oxygen atoms in total. The zero-order valence-corrected chi connectivity index (χ0v) is 8.33. The van der Waals surface area contributed by atoms with E-state index in [2.05, 4.69) is 36.2 Å². The van der Waals surface area contributed by atoms with E-state index < -0.39 is 0 Å². The molecule has 2 aliphatic rings. The van der Waals surface area contributed by atoms with Gasteiger partial charge in [-0.1, -0.05) is 23.8 Å². The number of hydrogen-bond donors (Lipinski definition) is 0. The van der Waals surface area contributed by atoms with Crippen molar-refractivity contribution in [2.75, 3.05) is 6.54 Å². The molecule has 0 aromatic heterocycles. The van der Waals surface area contributed by atoms with E-state index in [4.69, 9.17) is 0 Å². The van der Waals surface area contributed by atoms with Crippen LogP contribution in [0.15, 0.2) is 28.8 Å². The van der Waals surface area contributed by atoms with Gasteiger partial charge in [-0.3, -0.25) is 4.99 Å². The molecular formula is C13H13N. The third kappa shape index (κ3) is 1.12. The summed E-state index contributed by atoms with van der Waals surface area (Å²) in [7, 11) is 0. The maximum atomic E-state index is 4.34. The largest absolute Gasteiger partial charge is 0.292 e. The Bertz CT molecular complexity index is 441. The molecule has 0 saturated carbocycles. The van der Waals surface area contributed by atoms with E-state index in [0.29, 0.717) is 5.92 Å². The lowest BCUT2D eigenvalue weighted by molar-refractivity contribution is 0.664. The number of aryl methyl sites for hydroxylation is 1. The second kappa shape index (κ2) is 2.81. The summed E-state index contributed by atoms with van der Waals surface area (Å²) in [4.78, 5) is 4.34. The highest BCUT2D eigenvalue weighted by Crippen LogP contribution is 2.30. The lowest BCUT2D eigenvalue weighted by atomic mass is 9.85. The van der Waals surface area contributed by atoms with Crippen LogP contribution in [0.2, 0.25) is 0 Å². The molecule has 1 atom stereocenters. The Hall–Kier alpha value is -1.37. The highest BCUT2D eigenvalue weighted by molar-refractivity contribution is 5.89. The van der Waals surface area contributed by atoms with Crippen LogP contribution in [0, 0.1) is 12.8 Å². The summed E-state index contributed by atoms with van der Waals surface area (Å²) in [5.74, 6) is 0.658. The molecule has 1 heterocycles. The Balaban J connectivity index is 2.13. The number of benzene rings is 1. The van der Waals surface area contributed by atoms with Crippen molar-refractivity contribution in [3.8, 4) is 0 Å². The first-order chi connectivity index (χ1) is 6.83. The van der Waals surface area contributed by atoms with Gasteiger partial charge in [0.1, 0.15) is 0 Å². The molecule has 70 valence electrons. The van der Waals surface area contributed by atoms with Crippen molar-refractivity contribution in [2.45, 2.75) is 13.3 Å².